The Kier molecular flexibility index (Phi) is 5.25. The van der Waals surface area contributed by atoms with Crippen molar-refractivity contribution in [1.29, 1.82) is 0 Å². The fraction of sp³-hybridized carbons (Fsp3) is 0.200. The number of aryl methyl sites for hydroxylation is 1. The zero-order chi connectivity index (χ0) is 22.1. The van der Waals surface area contributed by atoms with E-state index in [0.29, 0.717) is 29.2 Å². The molecule has 4 aromatic rings. The van der Waals surface area contributed by atoms with Crippen LogP contribution in [0, 0.1) is 6.92 Å². The maximum atomic E-state index is 12.6. The topological polar surface area (TPSA) is 85.1 Å². The molecule has 0 aliphatic heterocycles. The highest BCUT2D eigenvalue weighted by Gasteiger charge is 2.37. The third-order valence-corrected chi connectivity index (χ3v) is 5.72. The Balaban J connectivity index is 1.44. The number of aliphatic hydroxyl groups is 1. The summed E-state index contributed by atoms with van der Waals surface area (Å²) in [5, 5.41) is 12.5. The summed E-state index contributed by atoms with van der Waals surface area (Å²) < 4.78 is 14.0. The summed E-state index contributed by atoms with van der Waals surface area (Å²) >= 11 is 0. The lowest BCUT2D eigenvalue weighted by atomic mass is 10.1. The first kappa shape index (κ1) is 20.1. The first-order valence-corrected chi connectivity index (χ1v) is 10.5. The molecule has 0 saturated heterocycles. The molecule has 0 bridgehead atoms. The lowest BCUT2D eigenvalue weighted by Crippen LogP contribution is -2.28. The van der Waals surface area contributed by atoms with Crippen LogP contribution >= 0.6 is 0 Å². The molecular formula is C25H23N3O4. The van der Waals surface area contributed by atoms with Crippen molar-refractivity contribution in [3.63, 3.8) is 0 Å². The van der Waals surface area contributed by atoms with Crippen molar-refractivity contribution in [2.45, 2.75) is 32.2 Å². The van der Waals surface area contributed by atoms with Crippen LogP contribution in [0.2, 0.25) is 0 Å². The number of anilines is 1. The van der Waals surface area contributed by atoms with Gasteiger partial charge in [0, 0.05) is 18.3 Å². The van der Waals surface area contributed by atoms with E-state index in [-0.39, 0.29) is 6.61 Å². The third kappa shape index (κ3) is 3.67. The predicted molar refractivity (Wildman–Crippen MR) is 120 cm³/mol. The van der Waals surface area contributed by atoms with E-state index in [2.05, 4.69) is 10.3 Å². The van der Waals surface area contributed by atoms with E-state index in [1.807, 2.05) is 72.1 Å². The number of nitrogens with zero attached hydrogens (tertiary/aromatic N) is 2. The van der Waals surface area contributed by atoms with Gasteiger partial charge in [0.25, 0.3) is 0 Å². The van der Waals surface area contributed by atoms with Crippen molar-refractivity contribution >= 4 is 17.4 Å². The molecule has 7 nitrogen and oxygen atoms in total. The lowest BCUT2D eigenvalue weighted by molar-refractivity contribution is 0.0333. The van der Waals surface area contributed by atoms with Crippen LogP contribution < -0.4 is 10.1 Å². The minimum atomic E-state index is -0.528. The van der Waals surface area contributed by atoms with E-state index >= 15 is 0 Å². The Labute approximate surface area is 185 Å². The Morgan fingerprint density at radius 2 is 1.91 bits per heavy atom. The molecule has 0 unspecified atom stereocenters. The summed E-state index contributed by atoms with van der Waals surface area (Å²) in [5.74, 6) is 0.564. The van der Waals surface area contributed by atoms with E-state index in [9.17, 15) is 9.90 Å². The average Bonchev–Trinajstić information content (AvgIpc) is 3.31. The summed E-state index contributed by atoms with van der Waals surface area (Å²) in [6, 6.07) is 20.8. The number of pyridine rings is 1. The van der Waals surface area contributed by atoms with Crippen molar-refractivity contribution in [2.75, 3.05) is 5.32 Å². The van der Waals surface area contributed by atoms with Gasteiger partial charge >= 0.3 is 6.09 Å². The first-order valence-electron chi connectivity index (χ1n) is 10.5. The number of benzene rings is 2. The smallest absolute Gasteiger partial charge is 0.412 e. The number of carbonyl (C=O) groups excluding carboxylic acids is 1. The minimum Gasteiger partial charge on any atom is -0.478 e. The first-order chi connectivity index (χ1) is 15.6. The number of para-hydroxylation sites is 1. The highest BCUT2D eigenvalue weighted by atomic mass is 16.6. The van der Waals surface area contributed by atoms with Gasteiger partial charge in [-0.1, -0.05) is 42.5 Å². The van der Waals surface area contributed by atoms with E-state index < -0.39 is 18.3 Å². The summed E-state index contributed by atoms with van der Waals surface area (Å²) in [4.78, 5) is 17.2. The quantitative estimate of drug-likeness (QED) is 0.490. The largest absolute Gasteiger partial charge is 0.478 e. The normalized spacial score (nSPS) is 17.2. The molecule has 2 heterocycles. The molecule has 2 N–H and O–H groups in total. The number of fused-ring (bicyclic) bond motifs is 2. The highest BCUT2D eigenvalue weighted by molar-refractivity contribution is 5.84. The number of carbonyl (C=O) groups is 1. The van der Waals surface area contributed by atoms with Gasteiger partial charge in [-0.3, -0.25) is 9.72 Å². The van der Waals surface area contributed by atoms with Crippen molar-refractivity contribution in [1.82, 2.24) is 9.38 Å². The number of aliphatic hydroxyl groups excluding tert-OH is 1. The Morgan fingerprint density at radius 1 is 1.12 bits per heavy atom. The summed E-state index contributed by atoms with van der Waals surface area (Å²) in [7, 11) is 0. The SMILES string of the molecule is Cc1nc2c(O[C@@H]3c4ccccc4C[C@H]3OC(=O)Nc3ccccc3)cccn2c1CO. The van der Waals surface area contributed by atoms with Gasteiger partial charge in [-0.25, -0.2) is 9.78 Å². The van der Waals surface area contributed by atoms with Crippen LogP contribution in [0.15, 0.2) is 72.9 Å². The van der Waals surface area contributed by atoms with Gasteiger partial charge in [0.05, 0.1) is 18.0 Å². The number of hydrogen-bond acceptors (Lipinski definition) is 5. The fourth-order valence-corrected chi connectivity index (χ4v) is 4.20. The number of imidazole rings is 1. The van der Waals surface area contributed by atoms with Gasteiger partial charge in [0.2, 0.25) is 0 Å². The van der Waals surface area contributed by atoms with Crippen molar-refractivity contribution in [3.8, 4) is 5.75 Å². The van der Waals surface area contributed by atoms with Crippen molar-refractivity contribution in [3.05, 3.63) is 95.4 Å². The molecule has 32 heavy (non-hydrogen) atoms. The van der Waals surface area contributed by atoms with Crippen LogP contribution in [0.5, 0.6) is 5.75 Å². The molecule has 0 spiro atoms. The molecule has 162 valence electrons. The second kappa shape index (κ2) is 8.36. The van der Waals surface area contributed by atoms with Gasteiger partial charge in [-0.15, -0.1) is 0 Å². The molecule has 0 saturated carbocycles. The van der Waals surface area contributed by atoms with Gasteiger partial charge in [0.15, 0.2) is 17.5 Å². The Morgan fingerprint density at radius 3 is 2.72 bits per heavy atom. The van der Waals surface area contributed by atoms with Gasteiger partial charge < -0.3 is 14.6 Å². The number of ether oxygens (including phenoxy) is 2. The zero-order valence-corrected chi connectivity index (χ0v) is 17.6. The average molecular weight is 429 g/mol. The van der Waals surface area contributed by atoms with Crippen molar-refractivity contribution in [2.24, 2.45) is 0 Å². The molecule has 2 aromatic carbocycles. The molecule has 2 atom stereocenters. The van der Waals surface area contributed by atoms with E-state index in [0.717, 1.165) is 16.8 Å². The predicted octanol–water partition coefficient (Wildman–Crippen LogP) is 4.43. The lowest BCUT2D eigenvalue weighted by Gasteiger charge is -2.22. The van der Waals surface area contributed by atoms with Crippen LogP contribution in [0.25, 0.3) is 5.65 Å². The monoisotopic (exact) mass is 429 g/mol. The summed E-state index contributed by atoms with van der Waals surface area (Å²) in [5.41, 5.74) is 4.80. The molecule has 7 heteroatoms. The van der Waals surface area contributed by atoms with Crippen LogP contribution in [0.4, 0.5) is 10.5 Å². The second-order valence-electron chi connectivity index (χ2n) is 7.74. The van der Waals surface area contributed by atoms with Gasteiger partial charge in [-0.05, 0) is 42.3 Å². The van der Waals surface area contributed by atoms with Crippen LogP contribution in [0.1, 0.15) is 28.6 Å². The van der Waals surface area contributed by atoms with E-state index in [1.165, 1.54) is 0 Å². The highest BCUT2D eigenvalue weighted by Crippen LogP contribution is 2.38. The zero-order valence-electron chi connectivity index (χ0n) is 17.6. The maximum absolute atomic E-state index is 12.6. The summed E-state index contributed by atoms with van der Waals surface area (Å²) in [6.07, 6.45) is 0.900. The standard InChI is InChI=1S/C25H23N3O4/c1-16-20(15-29)28-13-7-12-21(24(28)26-16)31-23-19-11-6-5-8-17(19)14-22(23)32-25(30)27-18-9-3-2-4-10-18/h2-13,22-23,29H,14-15H2,1H3,(H,27,30)/t22-,23-/m1/s1. The maximum Gasteiger partial charge on any atom is 0.412 e. The van der Waals surface area contributed by atoms with E-state index in [1.54, 1.807) is 12.1 Å². The number of nitrogens with one attached hydrogen (secondary N) is 1. The number of rotatable bonds is 5. The van der Waals surface area contributed by atoms with Crippen LogP contribution in [-0.4, -0.2) is 26.7 Å². The molecule has 2 aromatic heterocycles. The van der Waals surface area contributed by atoms with Crippen LogP contribution in [-0.2, 0) is 17.8 Å². The third-order valence-electron chi connectivity index (χ3n) is 5.72. The Bertz CT molecular complexity index is 1270. The Hall–Kier alpha value is -3.84. The molecule has 1 aliphatic rings. The summed E-state index contributed by atoms with van der Waals surface area (Å²) in [6.45, 7) is 1.74. The van der Waals surface area contributed by atoms with Gasteiger partial charge in [-0.2, -0.15) is 0 Å². The molecule has 1 amide bonds. The number of amides is 1. The van der Waals surface area contributed by atoms with Gasteiger partial charge in [0.1, 0.15) is 6.10 Å². The molecule has 5 rings (SSSR count). The molecule has 0 fully saturated rings. The minimum absolute atomic E-state index is 0.117. The molecule has 0 radical (unpaired) electrons. The van der Waals surface area contributed by atoms with Crippen molar-refractivity contribution < 1.29 is 19.4 Å². The number of hydrogen-bond donors (Lipinski definition) is 2. The second-order valence-corrected chi connectivity index (χ2v) is 7.74. The number of aromatic nitrogens is 2. The molecule has 1 aliphatic carbocycles. The fourth-order valence-electron chi connectivity index (χ4n) is 4.20. The molecular weight excluding hydrogens is 406 g/mol. The van der Waals surface area contributed by atoms with Crippen LogP contribution in [0.3, 0.4) is 0 Å². The van der Waals surface area contributed by atoms with E-state index in [4.69, 9.17) is 9.47 Å².